The number of aliphatic hydroxyl groups excluding tert-OH is 2. The van der Waals surface area contributed by atoms with E-state index in [1.807, 2.05) is 13.8 Å². The first-order chi connectivity index (χ1) is 65.2. The molecule has 3 aromatic heterocycles. The molecule has 44 nitrogen and oxygen atoms in total. The van der Waals surface area contributed by atoms with Gasteiger partial charge in [0, 0.05) is 118 Å². The number of likely N-dealkylation sites (N-methyl/N-ethyl adjacent to an activating group) is 3. The molecule has 744 valence electrons. The van der Waals surface area contributed by atoms with Crippen LogP contribution in [0.1, 0.15) is 147 Å². The molecule has 5 heterocycles. The van der Waals surface area contributed by atoms with Crippen LogP contribution in [0.2, 0.25) is 0 Å². The molecule has 0 bridgehead atoms. The number of fused-ring (bicyclic) bond motifs is 3. The first-order valence-electron chi connectivity index (χ1n) is 46.0. The minimum Gasteiger partial charge on any atom is -0.508 e. The molecule has 3 fully saturated rings. The number of imidazole rings is 1. The van der Waals surface area contributed by atoms with Crippen molar-refractivity contribution in [1.82, 2.24) is 103 Å². The highest BCUT2D eigenvalue weighted by molar-refractivity contribution is 8.00. The number of aliphatic hydroxyl groups is 2. The number of aromatic hydroxyl groups is 1. The molecule has 1 unspecified atom stereocenters. The maximum absolute atomic E-state index is 15.8. The fourth-order valence-electron chi connectivity index (χ4n) is 16.9. The van der Waals surface area contributed by atoms with Crippen molar-refractivity contribution in [3.63, 3.8) is 0 Å². The molecular formula is C92H130N24O20S. The number of phenolic OH excluding ortho intramolecular Hbond substituents is 1. The molecule has 17 amide bonds. The molecule has 137 heavy (non-hydrogen) atoms. The van der Waals surface area contributed by atoms with Crippen LogP contribution >= 0.6 is 11.8 Å². The van der Waals surface area contributed by atoms with E-state index in [1.54, 1.807) is 81.7 Å². The zero-order valence-corrected chi connectivity index (χ0v) is 79.2. The van der Waals surface area contributed by atoms with Crippen LogP contribution in [0.3, 0.4) is 0 Å². The van der Waals surface area contributed by atoms with E-state index in [9.17, 15) is 53.7 Å². The lowest BCUT2D eigenvalue weighted by molar-refractivity contribution is -0.149. The van der Waals surface area contributed by atoms with Crippen LogP contribution in [0.25, 0.3) is 21.8 Å². The molecule has 16 atom stereocenters. The average molecular weight is 1920 g/mol. The summed E-state index contributed by atoms with van der Waals surface area (Å²) in [6, 6.07) is -1.05. The van der Waals surface area contributed by atoms with Gasteiger partial charge in [0.2, 0.25) is 100 Å². The highest BCUT2D eigenvalue weighted by Crippen LogP contribution is 2.46. The van der Waals surface area contributed by atoms with Gasteiger partial charge >= 0.3 is 0 Å². The maximum atomic E-state index is 15.8. The summed E-state index contributed by atoms with van der Waals surface area (Å²) in [6.45, 7) is 7.82. The molecule has 0 radical (unpaired) electrons. The second kappa shape index (κ2) is 50.2. The Balaban J connectivity index is 1.11. The molecule has 1 aliphatic carbocycles. The number of nitrogens with one attached hydrogen (secondary N) is 16. The smallest absolute Gasteiger partial charge is 0.246 e. The Bertz CT molecular complexity index is 5300. The lowest BCUT2D eigenvalue weighted by Gasteiger charge is -2.36. The minimum absolute atomic E-state index is 0.0143. The second-order valence-corrected chi connectivity index (χ2v) is 36.6. The number of amides is 17. The number of aromatic amines is 3. The summed E-state index contributed by atoms with van der Waals surface area (Å²) in [4.78, 5) is 269. The molecule has 1 spiro atoms. The number of carbonyl (C=O) groups excluding carboxylic acids is 17. The van der Waals surface area contributed by atoms with Crippen molar-refractivity contribution in [2.45, 2.75) is 241 Å². The molecule has 6 aromatic rings. The van der Waals surface area contributed by atoms with Crippen molar-refractivity contribution in [3.8, 4) is 5.75 Å². The fourth-order valence-corrected chi connectivity index (χ4v) is 17.8. The molecular weight excluding hydrogens is 1790 g/mol. The van der Waals surface area contributed by atoms with Crippen LogP contribution in [-0.4, -0.2) is 310 Å². The first-order valence-corrected chi connectivity index (χ1v) is 47.1. The quantitative estimate of drug-likeness (QED) is 0.0142. The summed E-state index contributed by atoms with van der Waals surface area (Å²) < 4.78 is 0. The summed E-state index contributed by atoms with van der Waals surface area (Å²) in [5.74, 6) is -19.0. The van der Waals surface area contributed by atoms with Crippen molar-refractivity contribution >= 4 is 140 Å². The van der Waals surface area contributed by atoms with Crippen molar-refractivity contribution in [3.05, 3.63) is 120 Å². The lowest BCUT2D eigenvalue weighted by atomic mass is 10.00. The Morgan fingerprint density at radius 3 is 1.72 bits per heavy atom. The third kappa shape index (κ3) is 29.4. The van der Waals surface area contributed by atoms with Gasteiger partial charge in [0.15, 0.2) is 5.96 Å². The topological polar surface area (TPSA) is 670 Å². The number of primary amides is 2. The number of para-hydroxylation sites is 2. The number of rotatable bonds is 27. The van der Waals surface area contributed by atoms with Gasteiger partial charge in [-0.25, -0.2) is 4.98 Å². The monoisotopic (exact) mass is 1920 g/mol. The number of carbonyl (C=O) groups is 17. The molecule has 2 saturated heterocycles. The van der Waals surface area contributed by atoms with E-state index in [1.165, 1.54) is 64.9 Å². The highest BCUT2D eigenvalue weighted by Gasteiger charge is 2.61. The normalized spacial score (nSPS) is 25.5. The van der Waals surface area contributed by atoms with E-state index in [0.29, 0.717) is 69.9 Å². The van der Waals surface area contributed by atoms with E-state index in [4.69, 9.17) is 22.6 Å². The van der Waals surface area contributed by atoms with Crippen molar-refractivity contribution in [1.29, 1.82) is 5.41 Å². The van der Waals surface area contributed by atoms with Crippen molar-refractivity contribution < 1.29 is 96.8 Å². The number of nitrogens with zero attached hydrogens (tertiary/aromatic N) is 5. The Morgan fingerprint density at radius 2 is 1.13 bits per heavy atom. The predicted molar refractivity (Wildman–Crippen MR) is 504 cm³/mol. The zero-order valence-electron chi connectivity index (χ0n) is 78.4. The maximum Gasteiger partial charge on any atom is 0.246 e. The van der Waals surface area contributed by atoms with Gasteiger partial charge in [-0.2, -0.15) is 0 Å². The molecule has 9 rings (SSSR count). The van der Waals surface area contributed by atoms with Crippen LogP contribution in [0.5, 0.6) is 5.75 Å². The van der Waals surface area contributed by atoms with E-state index >= 15 is 43.2 Å². The van der Waals surface area contributed by atoms with Gasteiger partial charge in [-0.1, -0.05) is 115 Å². The summed E-state index contributed by atoms with van der Waals surface area (Å²) in [5, 5.41) is 73.9. The van der Waals surface area contributed by atoms with Gasteiger partial charge in [-0.3, -0.25) is 86.9 Å². The van der Waals surface area contributed by atoms with E-state index < -0.39 is 247 Å². The summed E-state index contributed by atoms with van der Waals surface area (Å²) >= 11 is 0.757. The Hall–Kier alpha value is -13.7. The fraction of sp³-hybridized carbons (Fsp3) is 0.533. The number of thioether (sulfide) groups is 1. The number of nitrogens with two attached hydrogens (primary N) is 3. The highest BCUT2D eigenvalue weighted by atomic mass is 32.2. The van der Waals surface area contributed by atoms with Crippen molar-refractivity contribution in [2.75, 3.05) is 58.9 Å². The molecule has 3 aromatic carbocycles. The van der Waals surface area contributed by atoms with Crippen LogP contribution in [0.15, 0.2) is 97.7 Å². The van der Waals surface area contributed by atoms with Gasteiger partial charge in [-0.15, -0.1) is 11.8 Å². The molecule has 3 aliphatic rings. The lowest BCUT2D eigenvalue weighted by Crippen LogP contribution is -2.62. The SMILES string of the molecule is CCCC[C@H]1C(=O)N(C)[C@@H](CCCC)C(=O)N[C@@H](CCCNC(=N)N)C(=O)NC(C(=O)NCC(N)=O)CSCC(=O)N[C@@H](Cc2ccc(O)cc2)C(=O)N(C)[C@@H](C)C(=O)N[C@@H](CC(N)=O)C(=O)N[C@]2(C[C@@H]2CC)C(=O)N[C@@H](Cc2cnc[nH]2)C(=O)N[C@@H](CC(C)C)C(=O)N2C[C@H](O)C[C@H]2C(=O)N[C@@H](Cc2c[nH]c3ccccc23)C(=O)N[C@@H](CO)C(=O)N[C@@H](Cc2c[nH]c3ccccc23)C(=O)N1C. The molecule has 25 N–H and O–H groups in total. The largest absolute Gasteiger partial charge is 0.508 e. The second-order valence-electron chi connectivity index (χ2n) is 35.5. The van der Waals surface area contributed by atoms with Crippen LogP contribution in [0, 0.1) is 17.2 Å². The summed E-state index contributed by atoms with van der Waals surface area (Å²) in [6.07, 6.45) is 3.59. The van der Waals surface area contributed by atoms with Gasteiger partial charge in [-0.05, 0) is 98.2 Å². The number of hydrogen-bond donors (Lipinski definition) is 22. The number of guanidine groups is 1. The minimum atomic E-state index is -1.90. The van der Waals surface area contributed by atoms with E-state index in [0.717, 1.165) is 31.4 Å². The first kappa shape index (κ1) is 107. The van der Waals surface area contributed by atoms with E-state index in [-0.39, 0.29) is 88.8 Å². The van der Waals surface area contributed by atoms with E-state index in [2.05, 4.69) is 83.7 Å². The number of hydrogen-bond acceptors (Lipinski definition) is 23. The summed E-state index contributed by atoms with van der Waals surface area (Å²) in [5.41, 5.74) is 17.9. The van der Waals surface area contributed by atoms with Crippen LogP contribution in [-0.2, 0) is 107 Å². The Labute approximate surface area is 796 Å². The number of H-pyrrole nitrogens is 3. The molecule has 45 heteroatoms. The number of benzene rings is 3. The van der Waals surface area contributed by atoms with Crippen LogP contribution < -0.4 is 81.0 Å². The standard InChI is InChI=1S/C92H130N24O20S/c1-10-13-25-71-84(130)104-62(24-19-31-98-91(95)96)79(125)110-70(78(124)101-43-75(94)121)46-137-47-76(122)103-67(33-51-27-29-56(118)30-28-51)86(132)113(7)50(6)77(123)105-65(38-74(93)120)83(129)112-92(39-54(92)12-3)90(136)111-64(36-55-42-97-48-102-55)81(127)107-66(32-49(4)5)88(134)116-44-57(119)37-73(116)85(131)106-63(34-52-40-99-60-22-17-15-20-58(52)60)80(126)109-69(45-117)82(128)108-68(35-53-41-100-61-23-18-16-21-59(53)61)87(133)115(9)72(26-14-11-2)89(135)114(71)8/h15-18,20-23,27-30,40-42,48-50,54,57,62-73,99-100,117-119H,10-14,19,24-26,31-39,43-47H2,1-9H3,(H2,93,120)(H2,94,121)(H,97,102)(H,101,124)(H,103,122)(H,104,130)(H,105,123)(H,106,131)(H,107,127)(H,108,128)(H,109,126)(H,110,125)(H,111,136)(H,112,129)(H4,95,96,98)/t50-,54-,57+,62-,63-,64-,65-,66-,67-,68-,69-,70?,71-,72-,73-,92-/m0/s1. The predicted octanol–water partition coefficient (Wildman–Crippen LogP) is -2.63. The third-order valence-corrected chi connectivity index (χ3v) is 25.9. The third-order valence-electron chi connectivity index (χ3n) is 24.8. The average Bonchev–Trinajstić information content (AvgIpc) is 1.58. The van der Waals surface area contributed by atoms with Crippen molar-refractivity contribution in [2.24, 2.45) is 29.0 Å². The number of aromatic nitrogens is 4. The van der Waals surface area contributed by atoms with Gasteiger partial charge in [0.25, 0.3) is 0 Å². The van der Waals surface area contributed by atoms with Gasteiger partial charge < -0.3 is 131 Å². The summed E-state index contributed by atoms with van der Waals surface area (Å²) in [7, 11) is 3.89. The molecule has 1 saturated carbocycles. The number of phenols is 1. The Kier molecular flexibility index (Phi) is 39.2. The Morgan fingerprint density at radius 1 is 0.577 bits per heavy atom. The zero-order chi connectivity index (χ0) is 100. The van der Waals surface area contributed by atoms with Gasteiger partial charge in [0.05, 0.1) is 37.8 Å². The van der Waals surface area contributed by atoms with Crippen LogP contribution in [0.4, 0.5) is 0 Å². The van der Waals surface area contributed by atoms with Gasteiger partial charge in [0.1, 0.15) is 89.8 Å². The number of unbranched alkanes of at least 4 members (excludes halogenated alkanes) is 2. The molecule has 2 aliphatic heterocycles.